The van der Waals surface area contributed by atoms with E-state index in [4.69, 9.17) is 0 Å². The summed E-state index contributed by atoms with van der Waals surface area (Å²) in [6, 6.07) is 6.44. The predicted octanol–water partition coefficient (Wildman–Crippen LogP) is 4.31. The number of amides is 1. The highest BCUT2D eigenvalue weighted by Gasteiger charge is 2.41. The van der Waals surface area contributed by atoms with Crippen molar-refractivity contribution in [2.24, 2.45) is 0 Å². The van der Waals surface area contributed by atoms with Gasteiger partial charge in [0.15, 0.2) is 5.69 Å². The highest BCUT2D eigenvalue weighted by molar-refractivity contribution is 6.05. The lowest BCUT2D eigenvalue weighted by molar-refractivity contribution is -0.143. The van der Waals surface area contributed by atoms with Gasteiger partial charge >= 0.3 is 12.4 Å². The average Bonchev–Trinajstić information content (AvgIpc) is 3.26. The van der Waals surface area contributed by atoms with Crippen molar-refractivity contribution in [3.05, 3.63) is 65.6 Å². The Morgan fingerprint density at radius 3 is 2.26 bits per heavy atom. The van der Waals surface area contributed by atoms with Crippen LogP contribution in [0.4, 0.5) is 37.8 Å². The molecule has 1 saturated heterocycles. The first-order valence-electron chi connectivity index (χ1n) is 10.5. The zero-order chi connectivity index (χ0) is 25.4. The number of hydrogen-bond donors (Lipinski definition) is 1. The smallest absolute Gasteiger partial charge is 0.354 e. The number of benzene rings is 1. The van der Waals surface area contributed by atoms with Gasteiger partial charge in [-0.25, -0.2) is 9.67 Å². The topological polar surface area (TPSA) is 66.3 Å². The van der Waals surface area contributed by atoms with Gasteiger partial charge in [0.2, 0.25) is 0 Å². The summed E-state index contributed by atoms with van der Waals surface area (Å²) in [5.74, 6) is -0.450. The molecule has 1 amide bonds. The van der Waals surface area contributed by atoms with Crippen molar-refractivity contribution in [2.45, 2.75) is 12.4 Å². The van der Waals surface area contributed by atoms with E-state index >= 15 is 0 Å². The molecule has 13 heteroatoms. The molecule has 1 fully saturated rings. The Bertz CT molecular complexity index is 1200. The third-order valence-electron chi connectivity index (χ3n) is 5.53. The standard InChI is InChI=1S/C22H20F6N6O/c1-32-7-9-33(10-8-32)18-6-5-15(12-29-18)31-20(35)17-13-30-34(19(17)22(26,27)28)16-4-2-3-14(11-16)21(23,24)25/h2-6,11-13H,7-10H2,1H3,(H,31,35). The summed E-state index contributed by atoms with van der Waals surface area (Å²) in [6.45, 7) is 3.24. The Hall–Kier alpha value is -3.61. The van der Waals surface area contributed by atoms with Gasteiger partial charge in [0.05, 0.1) is 34.9 Å². The Morgan fingerprint density at radius 2 is 1.66 bits per heavy atom. The molecule has 3 heterocycles. The van der Waals surface area contributed by atoms with Gasteiger partial charge in [-0.3, -0.25) is 4.79 Å². The van der Waals surface area contributed by atoms with Crippen LogP contribution in [0.25, 0.3) is 5.69 Å². The summed E-state index contributed by atoms with van der Waals surface area (Å²) in [6.07, 6.45) is -7.83. The van der Waals surface area contributed by atoms with Crippen LogP contribution in [0, 0.1) is 0 Å². The number of hydrogen-bond acceptors (Lipinski definition) is 5. The Balaban J connectivity index is 1.58. The van der Waals surface area contributed by atoms with Gasteiger partial charge in [-0.1, -0.05) is 6.07 Å². The van der Waals surface area contributed by atoms with E-state index < -0.39 is 40.8 Å². The molecule has 35 heavy (non-hydrogen) atoms. The molecular formula is C22H20F6N6O. The molecule has 1 aliphatic heterocycles. The van der Waals surface area contributed by atoms with E-state index in [-0.39, 0.29) is 10.4 Å². The molecule has 1 N–H and O–H groups in total. The molecule has 3 aromatic rings. The second kappa shape index (κ2) is 9.21. The molecule has 1 aromatic carbocycles. The molecule has 4 rings (SSSR count). The highest BCUT2D eigenvalue weighted by atomic mass is 19.4. The highest BCUT2D eigenvalue weighted by Crippen LogP contribution is 2.36. The van der Waals surface area contributed by atoms with Gasteiger partial charge in [-0.15, -0.1) is 0 Å². The van der Waals surface area contributed by atoms with E-state index in [1.165, 1.54) is 12.3 Å². The van der Waals surface area contributed by atoms with Crippen molar-refractivity contribution in [2.75, 3.05) is 43.4 Å². The SMILES string of the molecule is CN1CCN(c2ccc(NC(=O)c3cnn(-c4cccc(C(F)(F)F)c4)c3C(F)(F)F)cn2)CC1. The van der Waals surface area contributed by atoms with E-state index in [0.717, 1.165) is 44.4 Å². The molecule has 0 saturated carbocycles. The summed E-state index contributed by atoms with van der Waals surface area (Å²) in [5, 5.41) is 5.91. The lowest BCUT2D eigenvalue weighted by Crippen LogP contribution is -2.44. The van der Waals surface area contributed by atoms with Crippen molar-refractivity contribution in [3.63, 3.8) is 0 Å². The lowest BCUT2D eigenvalue weighted by Gasteiger charge is -2.33. The third kappa shape index (κ3) is 5.39. The minimum absolute atomic E-state index is 0.160. The molecule has 0 radical (unpaired) electrons. The zero-order valence-corrected chi connectivity index (χ0v) is 18.4. The number of piperazine rings is 1. The van der Waals surface area contributed by atoms with E-state index in [1.807, 2.05) is 11.9 Å². The van der Waals surface area contributed by atoms with Crippen LogP contribution in [-0.4, -0.2) is 58.8 Å². The second-order valence-corrected chi connectivity index (χ2v) is 8.01. The number of alkyl halides is 6. The van der Waals surface area contributed by atoms with Gasteiger partial charge in [0.1, 0.15) is 5.82 Å². The average molecular weight is 498 g/mol. The van der Waals surface area contributed by atoms with Crippen LogP contribution in [-0.2, 0) is 12.4 Å². The quantitative estimate of drug-likeness (QED) is 0.544. The van der Waals surface area contributed by atoms with E-state index in [2.05, 4.69) is 20.3 Å². The minimum atomic E-state index is -5.07. The number of nitrogens with zero attached hydrogens (tertiary/aromatic N) is 5. The summed E-state index contributed by atoms with van der Waals surface area (Å²) < 4.78 is 81.0. The van der Waals surface area contributed by atoms with Crippen LogP contribution in [0.5, 0.6) is 0 Å². The Kier molecular flexibility index (Phi) is 6.45. The van der Waals surface area contributed by atoms with E-state index in [0.29, 0.717) is 18.1 Å². The van der Waals surface area contributed by atoms with Crippen LogP contribution in [0.2, 0.25) is 0 Å². The molecule has 1 aliphatic rings. The normalized spacial score (nSPS) is 15.3. The molecular weight excluding hydrogens is 478 g/mol. The van der Waals surface area contributed by atoms with Crippen molar-refractivity contribution in [1.82, 2.24) is 19.7 Å². The molecule has 0 aliphatic carbocycles. The number of aromatic nitrogens is 3. The largest absolute Gasteiger partial charge is 0.434 e. The van der Waals surface area contributed by atoms with Crippen molar-refractivity contribution < 1.29 is 31.1 Å². The first kappa shape index (κ1) is 24.5. The van der Waals surface area contributed by atoms with Gasteiger partial charge in [0.25, 0.3) is 5.91 Å². The molecule has 7 nitrogen and oxygen atoms in total. The van der Waals surface area contributed by atoms with Gasteiger partial charge < -0.3 is 15.1 Å². The molecule has 0 spiro atoms. The molecule has 0 unspecified atom stereocenters. The van der Waals surface area contributed by atoms with Crippen LogP contribution in [0.15, 0.2) is 48.8 Å². The zero-order valence-electron chi connectivity index (χ0n) is 18.4. The molecule has 2 aromatic heterocycles. The number of pyridine rings is 1. The van der Waals surface area contributed by atoms with Gasteiger partial charge in [0, 0.05) is 26.2 Å². The Morgan fingerprint density at radius 1 is 0.943 bits per heavy atom. The summed E-state index contributed by atoms with van der Waals surface area (Å²) in [5.41, 5.74) is -3.79. The summed E-state index contributed by atoms with van der Waals surface area (Å²) in [4.78, 5) is 21.2. The fourth-order valence-corrected chi connectivity index (χ4v) is 3.68. The van der Waals surface area contributed by atoms with Crippen LogP contribution < -0.4 is 10.2 Å². The van der Waals surface area contributed by atoms with Crippen LogP contribution >= 0.6 is 0 Å². The minimum Gasteiger partial charge on any atom is -0.354 e. The number of nitrogens with one attached hydrogen (secondary N) is 1. The summed E-state index contributed by atoms with van der Waals surface area (Å²) in [7, 11) is 2.01. The van der Waals surface area contributed by atoms with Crippen LogP contribution in [0.1, 0.15) is 21.6 Å². The third-order valence-corrected chi connectivity index (χ3v) is 5.53. The van der Waals surface area contributed by atoms with E-state index in [9.17, 15) is 31.1 Å². The number of carbonyl (C=O) groups excluding carboxylic acids is 1. The number of anilines is 2. The fourth-order valence-electron chi connectivity index (χ4n) is 3.68. The first-order chi connectivity index (χ1) is 16.4. The number of likely N-dealkylation sites (N-methyl/N-ethyl adjacent to an activating group) is 1. The fraction of sp³-hybridized carbons (Fsp3) is 0.318. The lowest BCUT2D eigenvalue weighted by atomic mass is 10.1. The second-order valence-electron chi connectivity index (χ2n) is 8.01. The van der Waals surface area contributed by atoms with Crippen molar-refractivity contribution in [1.29, 1.82) is 0 Å². The van der Waals surface area contributed by atoms with E-state index in [1.54, 1.807) is 6.07 Å². The Labute approximate surface area is 196 Å². The molecule has 0 atom stereocenters. The maximum Gasteiger partial charge on any atom is 0.434 e. The number of rotatable bonds is 4. The maximum atomic E-state index is 13.9. The molecule has 0 bridgehead atoms. The van der Waals surface area contributed by atoms with Gasteiger partial charge in [-0.2, -0.15) is 31.4 Å². The predicted molar refractivity (Wildman–Crippen MR) is 115 cm³/mol. The molecule has 186 valence electrons. The number of halogens is 6. The number of carbonyl (C=O) groups is 1. The van der Waals surface area contributed by atoms with Gasteiger partial charge in [-0.05, 0) is 37.4 Å². The van der Waals surface area contributed by atoms with Crippen molar-refractivity contribution in [3.8, 4) is 5.69 Å². The maximum absolute atomic E-state index is 13.9. The summed E-state index contributed by atoms with van der Waals surface area (Å²) >= 11 is 0. The van der Waals surface area contributed by atoms with Crippen molar-refractivity contribution >= 4 is 17.4 Å². The monoisotopic (exact) mass is 498 g/mol. The van der Waals surface area contributed by atoms with Crippen LogP contribution in [0.3, 0.4) is 0 Å². The first-order valence-corrected chi connectivity index (χ1v) is 10.5.